The molecule has 5 rings (SSSR count). The van der Waals surface area contributed by atoms with Crippen molar-refractivity contribution >= 4 is 17.3 Å². The van der Waals surface area contributed by atoms with Crippen molar-refractivity contribution < 1.29 is 0 Å². The van der Waals surface area contributed by atoms with Gasteiger partial charge in [0.1, 0.15) is 0 Å². The molecule has 0 unspecified atom stereocenters. The summed E-state index contributed by atoms with van der Waals surface area (Å²) in [5, 5.41) is 4.55. The van der Waals surface area contributed by atoms with Gasteiger partial charge in [-0.25, -0.2) is 9.97 Å². The Morgan fingerprint density at radius 2 is 1.69 bits per heavy atom. The van der Waals surface area contributed by atoms with Crippen molar-refractivity contribution in [2.75, 3.05) is 36.8 Å². The Morgan fingerprint density at radius 3 is 2.45 bits per heavy atom. The molecule has 29 heavy (non-hydrogen) atoms. The van der Waals surface area contributed by atoms with Gasteiger partial charge >= 0.3 is 0 Å². The monoisotopic (exact) mass is 386 g/mol. The van der Waals surface area contributed by atoms with E-state index in [9.17, 15) is 0 Å². The molecule has 0 bridgehead atoms. The average Bonchev–Trinajstić information content (AvgIpc) is 3.24. The molecule has 0 amide bonds. The molecule has 2 N–H and O–H groups in total. The largest absolute Gasteiger partial charge is 0.369 e. The fourth-order valence-corrected chi connectivity index (χ4v) is 3.71. The molecule has 0 aliphatic carbocycles. The maximum atomic E-state index is 6.05. The molecule has 4 aromatic rings. The molecule has 0 radical (unpaired) electrons. The first kappa shape index (κ1) is 17.6. The third kappa shape index (κ3) is 3.50. The van der Waals surface area contributed by atoms with Crippen LogP contribution in [0.5, 0.6) is 0 Å². The van der Waals surface area contributed by atoms with Gasteiger partial charge in [-0.2, -0.15) is 4.52 Å². The van der Waals surface area contributed by atoms with Crippen molar-refractivity contribution in [3.05, 3.63) is 66.6 Å². The Labute approximate surface area is 168 Å². The predicted octanol–water partition coefficient (Wildman–Crippen LogP) is 2.09. The molecule has 8 heteroatoms. The Hall–Kier alpha value is -3.52. The molecular formula is C21H22N8. The lowest BCUT2D eigenvalue weighted by atomic mass is 10.2. The Bertz CT molecular complexity index is 1100. The minimum atomic E-state index is 0.338. The van der Waals surface area contributed by atoms with E-state index in [0.717, 1.165) is 49.5 Å². The number of anilines is 2. The molecule has 1 saturated heterocycles. The maximum Gasteiger partial charge on any atom is 0.223 e. The molecule has 0 atom stereocenters. The third-order valence-electron chi connectivity index (χ3n) is 5.29. The lowest BCUT2D eigenvalue weighted by Gasteiger charge is -2.36. The van der Waals surface area contributed by atoms with Crippen molar-refractivity contribution in [2.45, 2.75) is 6.54 Å². The number of para-hydroxylation sites is 1. The van der Waals surface area contributed by atoms with Gasteiger partial charge in [0.25, 0.3) is 0 Å². The van der Waals surface area contributed by atoms with Crippen LogP contribution in [0.2, 0.25) is 0 Å². The van der Waals surface area contributed by atoms with Gasteiger partial charge in [0.15, 0.2) is 11.5 Å². The van der Waals surface area contributed by atoms with Crippen molar-refractivity contribution in [3.63, 3.8) is 0 Å². The summed E-state index contributed by atoms with van der Waals surface area (Å²) in [7, 11) is 0. The second kappa shape index (κ2) is 7.48. The highest BCUT2D eigenvalue weighted by Crippen LogP contribution is 2.21. The number of piperazine rings is 1. The predicted molar refractivity (Wildman–Crippen MR) is 112 cm³/mol. The van der Waals surface area contributed by atoms with Crippen LogP contribution in [-0.4, -0.2) is 55.6 Å². The van der Waals surface area contributed by atoms with Gasteiger partial charge < -0.3 is 10.6 Å². The first-order valence-corrected chi connectivity index (χ1v) is 9.71. The van der Waals surface area contributed by atoms with E-state index >= 15 is 0 Å². The molecule has 3 aromatic heterocycles. The number of nitrogens with two attached hydrogens (primary N) is 1. The average molecular weight is 386 g/mol. The number of benzene rings is 1. The van der Waals surface area contributed by atoms with Crippen molar-refractivity contribution in [1.82, 2.24) is 29.5 Å². The summed E-state index contributed by atoms with van der Waals surface area (Å²) in [6, 6.07) is 14.3. The SMILES string of the molecule is Nc1ncc(CN2CCN(c3ccccc3)CC2)c2nc(-c3ccncc3)nn12. The van der Waals surface area contributed by atoms with E-state index in [1.54, 1.807) is 16.9 Å². The van der Waals surface area contributed by atoms with Crippen LogP contribution < -0.4 is 10.6 Å². The van der Waals surface area contributed by atoms with Gasteiger partial charge in [0.2, 0.25) is 5.95 Å². The quantitative estimate of drug-likeness (QED) is 0.574. The van der Waals surface area contributed by atoms with E-state index in [4.69, 9.17) is 10.7 Å². The van der Waals surface area contributed by atoms with E-state index < -0.39 is 0 Å². The van der Waals surface area contributed by atoms with Crippen LogP contribution in [0, 0.1) is 0 Å². The molecule has 146 valence electrons. The first-order chi connectivity index (χ1) is 14.3. The van der Waals surface area contributed by atoms with Gasteiger partial charge in [-0.05, 0) is 24.3 Å². The highest BCUT2D eigenvalue weighted by Gasteiger charge is 2.20. The van der Waals surface area contributed by atoms with Crippen LogP contribution in [0.3, 0.4) is 0 Å². The minimum absolute atomic E-state index is 0.338. The zero-order chi connectivity index (χ0) is 19.6. The molecular weight excluding hydrogens is 364 g/mol. The Morgan fingerprint density at radius 1 is 0.931 bits per heavy atom. The standard InChI is InChI=1S/C21H22N8/c22-21-24-14-17(20-25-19(26-29(20)21)16-6-8-23-9-7-16)15-27-10-12-28(13-11-27)18-4-2-1-3-5-18/h1-9,14H,10-13,15H2,(H2,22,24). The first-order valence-electron chi connectivity index (χ1n) is 9.71. The molecule has 1 aliphatic heterocycles. The summed E-state index contributed by atoms with van der Waals surface area (Å²) in [5.41, 5.74) is 10.0. The number of fused-ring (bicyclic) bond motifs is 1. The summed E-state index contributed by atoms with van der Waals surface area (Å²) in [5.74, 6) is 0.965. The van der Waals surface area contributed by atoms with Gasteiger partial charge in [0.05, 0.1) is 0 Å². The second-order valence-corrected chi connectivity index (χ2v) is 7.15. The number of rotatable bonds is 4. The topological polar surface area (TPSA) is 88.5 Å². The summed E-state index contributed by atoms with van der Waals surface area (Å²) in [6.07, 6.45) is 5.28. The highest BCUT2D eigenvalue weighted by molar-refractivity contribution is 5.60. The molecule has 0 saturated carbocycles. The summed E-state index contributed by atoms with van der Waals surface area (Å²) >= 11 is 0. The maximum absolute atomic E-state index is 6.05. The van der Waals surface area contributed by atoms with E-state index in [0.29, 0.717) is 11.8 Å². The van der Waals surface area contributed by atoms with Crippen molar-refractivity contribution in [3.8, 4) is 11.4 Å². The number of pyridine rings is 1. The van der Waals surface area contributed by atoms with Crippen LogP contribution >= 0.6 is 0 Å². The summed E-state index contributed by atoms with van der Waals surface area (Å²) < 4.78 is 1.63. The number of nitrogens with zero attached hydrogens (tertiary/aromatic N) is 7. The highest BCUT2D eigenvalue weighted by atomic mass is 15.4. The van der Waals surface area contributed by atoms with E-state index in [1.165, 1.54) is 5.69 Å². The second-order valence-electron chi connectivity index (χ2n) is 7.15. The molecule has 1 fully saturated rings. The Balaban J connectivity index is 1.36. The smallest absolute Gasteiger partial charge is 0.223 e. The number of nitrogen functional groups attached to an aromatic ring is 1. The number of hydrogen-bond acceptors (Lipinski definition) is 7. The fraction of sp³-hybridized carbons (Fsp3) is 0.238. The lowest BCUT2D eigenvalue weighted by molar-refractivity contribution is 0.250. The molecule has 0 spiro atoms. The van der Waals surface area contributed by atoms with Gasteiger partial charge in [0, 0.05) is 68.1 Å². The zero-order valence-electron chi connectivity index (χ0n) is 16.0. The summed E-state index contributed by atoms with van der Waals surface area (Å²) in [4.78, 5) is 18.0. The van der Waals surface area contributed by atoms with Gasteiger partial charge in [-0.1, -0.05) is 18.2 Å². The van der Waals surface area contributed by atoms with Gasteiger partial charge in [-0.3, -0.25) is 9.88 Å². The number of aromatic nitrogens is 5. The van der Waals surface area contributed by atoms with Crippen LogP contribution in [0.15, 0.2) is 61.1 Å². The normalized spacial score (nSPS) is 15.1. The zero-order valence-corrected chi connectivity index (χ0v) is 16.0. The van der Waals surface area contributed by atoms with Crippen LogP contribution in [0.25, 0.3) is 17.0 Å². The summed E-state index contributed by atoms with van der Waals surface area (Å²) in [6.45, 7) is 4.73. The fourth-order valence-electron chi connectivity index (χ4n) is 3.71. The minimum Gasteiger partial charge on any atom is -0.369 e. The lowest BCUT2D eigenvalue weighted by Crippen LogP contribution is -2.46. The molecule has 4 heterocycles. The number of hydrogen-bond donors (Lipinski definition) is 1. The molecule has 1 aliphatic rings. The van der Waals surface area contributed by atoms with Crippen molar-refractivity contribution in [1.29, 1.82) is 0 Å². The molecule has 8 nitrogen and oxygen atoms in total. The van der Waals surface area contributed by atoms with E-state index in [1.807, 2.05) is 18.3 Å². The third-order valence-corrected chi connectivity index (χ3v) is 5.29. The molecule has 1 aromatic carbocycles. The van der Waals surface area contributed by atoms with Crippen LogP contribution in [-0.2, 0) is 6.54 Å². The van der Waals surface area contributed by atoms with E-state index in [-0.39, 0.29) is 0 Å². The Kier molecular flexibility index (Phi) is 4.53. The van der Waals surface area contributed by atoms with Gasteiger partial charge in [-0.15, -0.1) is 5.10 Å². The van der Waals surface area contributed by atoms with Crippen LogP contribution in [0.1, 0.15) is 5.56 Å². The van der Waals surface area contributed by atoms with E-state index in [2.05, 4.69) is 55.2 Å². The van der Waals surface area contributed by atoms with Crippen molar-refractivity contribution in [2.24, 2.45) is 0 Å². The van der Waals surface area contributed by atoms with Crippen LogP contribution in [0.4, 0.5) is 11.6 Å².